The first-order valence-corrected chi connectivity index (χ1v) is 5.01. The maximum absolute atomic E-state index is 9.08. The number of aryl methyl sites for hydroxylation is 1. The lowest BCUT2D eigenvalue weighted by Crippen LogP contribution is -2.37. The first-order chi connectivity index (χ1) is 7.33. The minimum atomic E-state index is 0.680. The smallest absolute Gasteiger partial charge is 0.146 e. The predicted molar refractivity (Wildman–Crippen MR) is 56.7 cm³/mol. The molecule has 0 aromatic carbocycles. The molecule has 1 saturated heterocycles. The van der Waals surface area contributed by atoms with E-state index in [2.05, 4.69) is 16.0 Å². The number of rotatable bonds is 1. The third-order valence-electron chi connectivity index (χ3n) is 2.56. The quantitative estimate of drug-likeness (QED) is 0.685. The molecule has 0 saturated carbocycles. The fourth-order valence-corrected chi connectivity index (χ4v) is 1.70. The molecule has 0 radical (unpaired) electrons. The Balaban J connectivity index is 2.34. The van der Waals surface area contributed by atoms with Gasteiger partial charge in [0.05, 0.1) is 18.8 Å². The van der Waals surface area contributed by atoms with Crippen molar-refractivity contribution < 1.29 is 4.74 Å². The van der Waals surface area contributed by atoms with Crippen molar-refractivity contribution in [3.63, 3.8) is 0 Å². The molecule has 2 rings (SSSR count). The summed E-state index contributed by atoms with van der Waals surface area (Å²) in [5.74, 6) is 0.792. The first kappa shape index (κ1) is 9.94. The topological polar surface area (TPSA) is 49.2 Å². The molecule has 0 N–H and O–H groups in total. The van der Waals surface area contributed by atoms with E-state index in [0.29, 0.717) is 18.8 Å². The van der Waals surface area contributed by atoms with Gasteiger partial charge in [0.2, 0.25) is 0 Å². The van der Waals surface area contributed by atoms with E-state index in [9.17, 15) is 0 Å². The lowest BCUT2D eigenvalue weighted by molar-refractivity contribution is 0.122. The summed E-state index contributed by atoms with van der Waals surface area (Å²) in [6.45, 7) is 4.97. The van der Waals surface area contributed by atoms with Gasteiger partial charge in [0.25, 0.3) is 0 Å². The normalized spacial score (nSPS) is 16.1. The van der Waals surface area contributed by atoms with E-state index < -0.39 is 0 Å². The summed E-state index contributed by atoms with van der Waals surface area (Å²) in [7, 11) is 0. The van der Waals surface area contributed by atoms with Crippen molar-refractivity contribution in [1.82, 2.24) is 4.98 Å². The Morgan fingerprint density at radius 2 is 2.20 bits per heavy atom. The van der Waals surface area contributed by atoms with Gasteiger partial charge >= 0.3 is 0 Å². The summed E-state index contributed by atoms with van der Waals surface area (Å²) in [5, 5.41) is 9.08. The number of pyridine rings is 1. The molecule has 0 aliphatic carbocycles. The summed E-state index contributed by atoms with van der Waals surface area (Å²) in [6.07, 6.45) is 1.75. The van der Waals surface area contributed by atoms with Gasteiger partial charge in [-0.15, -0.1) is 0 Å². The monoisotopic (exact) mass is 203 g/mol. The van der Waals surface area contributed by atoms with E-state index in [0.717, 1.165) is 24.5 Å². The summed E-state index contributed by atoms with van der Waals surface area (Å²) >= 11 is 0. The molecule has 1 aliphatic heterocycles. The van der Waals surface area contributed by atoms with Crippen molar-refractivity contribution in [2.75, 3.05) is 31.2 Å². The molecule has 0 atom stereocenters. The second-order valence-corrected chi connectivity index (χ2v) is 3.54. The van der Waals surface area contributed by atoms with Gasteiger partial charge in [0, 0.05) is 19.3 Å². The van der Waals surface area contributed by atoms with E-state index in [-0.39, 0.29) is 0 Å². The van der Waals surface area contributed by atoms with Gasteiger partial charge in [0.1, 0.15) is 11.9 Å². The molecular formula is C11H13N3O. The van der Waals surface area contributed by atoms with Crippen LogP contribution in [-0.4, -0.2) is 31.3 Å². The number of morpholine rings is 1. The molecule has 0 spiro atoms. The van der Waals surface area contributed by atoms with Gasteiger partial charge in [-0.3, -0.25) is 0 Å². The Morgan fingerprint density at radius 3 is 2.87 bits per heavy atom. The van der Waals surface area contributed by atoms with E-state index in [4.69, 9.17) is 10.00 Å². The van der Waals surface area contributed by atoms with Gasteiger partial charge in [0.15, 0.2) is 0 Å². The third-order valence-corrected chi connectivity index (χ3v) is 2.56. The number of ether oxygens (including phenoxy) is 1. The molecule has 0 amide bonds. The van der Waals surface area contributed by atoms with E-state index in [1.54, 1.807) is 6.20 Å². The Bertz CT molecular complexity index is 391. The molecule has 78 valence electrons. The maximum atomic E-state index is 9.08. The zero-order chi connectivity index (χ0) is 10.7. The van der Waals surface area contributed by atoms with Crippen LogP contribution in [0, 0.1) is 18.3 Å². The lowest BCUT2D eigenvalue weighted by Gasteiger charge is -2.28. The van der Waals surface area contributed by atoms with Crippen LogP contribution >= 0.6 is 0 Å². The maximum Gasteiger partial charge on any atom is 0.146 e. The average molecular weight is 203 g/mol. The Kier molecular flexibility index (Phi) is 2.84. The van der Waals surface area contributed by atoms with Crippen LogP contribution in [0.2, 0.25) is 0 Å². The number of nitrogens with zero attached hydrogens (tertiary/aromatic N) is 3. The summed E-state index contributed by atoms with van der Waals surface area (Å²) in [4.78, 5) is 6.39. The van der Waals surface area contributed by atoms with Crippen LogP contribution in [0.4, 0.5) is 5.82 Å². The standard InChI is InChI=1S/C11H13N3O/c1-9-2-3-13-11(10(9)8-12)14-4-6-15-7-5-14/h2-3H,4-7H2,1H3. The van der Waals surface area contributed by atoms with Crippen molar-refractivity contribution in [3.05, 3.63) is 23.4 Å². The predicted octanol–water partition coefficient (Wildman–Crippen LogP) is 1.10. The molecule has 2 heterocycles. The van der Waals surface area contributed by atoms with Crippen LogP contribution < -0.4 is 4.90 Å². The molecule has 1 fully saturated rings. The molecule has 15 heavy (non-hydrogen) atoms. The highest BCUT2D eigenvalue weighted by Gasteiger charge is 2.16. The van der Waals surface area contributed by atoms with E-state index >= 15 is 0 Å². The first-order valence-electron chi connectivity index (χ1n) is 5.01. The third kappa shape index (κ3) is 1.92. The van der Waals surface area contributed by atoms with E-state index in [1.165, 1.54) is 0 Å². The minimum absolute atomic E-state index is 0.680. The van der Waals surface area contributed by atoms with Crippen LogP contribution in [0.1, 0.15) is 11.1 Å². The highest BCUT2D eigenvalue weighted by Crippen LogP contribution is 2.20. The average Bonchev–Trinajstić information content (AvgIpc) is 2.30. The second kappa shape index (κ2) is 4.28. The van der Waals surface area contributed by atoms with Crippen molar-refractivity contribution in [2.45, 2.75) is 6.92 Å². The van der Waals surface area contributed by atoms with Crippen LogP contribution in [0.5, 0.6) is 0 Å². The zero-order valence-corrected chi connectivity index (χ0v) is 8.73. The van der Waals surface area contributed by atoms with Gasteiger partial charge in [-0.25, -0.2) is 4.98 Å². The van der Waals surface area contributed by atoms with Crippen molar-refractivity contribution >= 4 is 5.82 Å². The van der Waals surface area contributed by atoms with Crippen molar-refractivity contribution in [2.24, 2.45) is 0 Å². The lowest BCUT2D eigenvalue weighted by atomic mass is 10.1. The molecule has 1 aromatic rings. The summed E-state index contributed by atoms with van der Waals surface area (Å²) in [6, 6.07) is 4.08. The molecule has 0 bridgehead atoms. The molecule has 1 aromatic heterocycles. The molecule has 4 heteroatoms. The van der Waals surface area contributed by atoms with Gasteiger partial charge in [-0.05, 0) is 18.6 Å². The van der Waals surface area contributed by atoms with Gasteiger partial charge in [-0.2, -0.15) is 5.26 Å². The van der Waals surface area contributed by atoms with Crippen molar-refractivity contribution in [1.29, 1.82) is 5.26 Å². The van der Waals surface area contributed by atoms with Gasteiger partial charge < -0.3 is 9.64 Å². The highest BCUT2D eigenvalue weighted by atomic mass is 16.5. The highest BCUT2D eigenvalue weighted by molar-refractivity contribution is 5.57. The molecule has 4 nitrogen and oxygen atoms in total. The summed E-state index contributed by atoms with van der Waals surface area (Å²) < 4.78 is 5.27. The second-order valence-electron chi connectivity index (χ2n) is 3.54. The number of hydrogen-bond acceptors (Lipinski definition) is 4. The Labute approximate surface area is 89.1 Å². The zero-order valence-electron chi connectivity index (χ0n) is 8.73. The van der Waals surface area contributed by atoms with Crippen LogP contribution in [0.15, 0.2) is 12.3 Å². The fourth-order valence-electron chi connectivity index (χ4n) is 1.70. The number of anilines is 1. The molecule has 1 aliphatic rings. The number of nitriles is 1. The molecular weight excluding hydrogens is 190 g/mol. The number of aromatic nitrogens is 1. The van der Waals surface area contributed by atoms with Crippen LogP contribution in [0.3, 0.4) is 0 Å². The summed E-state index contributed by atoms with van der Waals surface area (Å²) in [5.41, 5.74) is 1.66. The largest absolute Gasteiger partial charge is 0.378 e. The van der Waals surface area contributed by atoms with Crippen LogP contribution in [-0.2, 0) is 4.74 Å². The van der Waals surface area contributed by atoms with Crippen molar-refractivity contribution in [3.8, 4) is 6.07 Å². The fraction of sp³-hybridized carbons (Fsp3) is 0.455. The SMILES string of the molecule is Cc1ccnc(N2CCOCC2)c1C#N. The minimum Gasteiger partial charge on any atom is -0.378 e. The Hall–Kier alpha value is -1.60. The van der Waals surface area contributed by atoms with Gasteiger partial charge in [-0.1, -0.05) is 0 Å². The van der Waals surface area contributed by atoms with E-state index in [1.807, 2.05) is 13.0 Å². The number of hydrogen-bond donors (Lipinski definition) is 0. The van der Waals surface area contributed by atoms with Crippen LogP contribution in [0.25, 0.3) is 0 Å². The molecule has 0 unspecified atom stereocenters. The Morgan fingerprint density at radius 1 is 1.47 bits per heavy atom.